The number of aliphatic hydroxyl groups is 1. The van der Waals surface area contributed by atoms with Crippen molar-refractivity contribution in [2.75, 3.05) is 13.7 Å². The molecule has 1 aliphatic heterocycles. The molecule has 0 spiro atoms. The molecule has 0 atom stereocenters. The van der Waals surface area contributed by atoms with Gasteiger partial charge in [-0.1, -0.05) is 0 Å². The molecule has 1 N–H and O–H groups in total. The van der Waals surface area contributed by atoms with E-state index in [-0.39, 0.29) is 6.54 Å². The minimum absolute atomic E-state index is 0.287. The molecule has 0 unspecified atom stereocenters. The number of hydrogen-bond donors (Lipinski definition) is 1. The SMILES string of the molecule is CO.O=CCn1ncc2c1OCCC2. The molecule has 78 valence electrons. The maximum atomic E-state index is 10.2. The predicted octanol–water partition coefficient (Wildman–Crippen LogP) is 0.0155. The smallest absolute Gasteiger partial charge is 0.215 e. The van der Waals surface area contributed by atoms with E-state index in [1.165, 1.54) is 0 Å². The molecular formula is C9H14N2O3. The normalized spacial score (nSPS) is 13.3. The molecule has 0 bridgehead atoms. The van der Waals surface area contributed by atoms with E-state index in [0.717, 1.165) is 44.3 Å². The predicted molar refractivity (Wildman–Crippen MR) is 50.2 cm³/mol. The molecule has 1 aliphatic rings. The summed E-state index contributed by atoms with van der Waals surface area (Å²) < 4.78 is 6.99. The third-order valence-electron chi connectivity index (χ3n) is 1.94. The summed E-state index contributed by atoms with van der Waals surface area (Å²) in [7, 11) is 1.00. The molecule has 2 rings (SSSR count). The molecule has 0 radical (unpaired) electrons. The highest BCUT2D eigenvalue weighted by Crippen LogP contribution is 2.23. The molecule has 1 aromatic heterocycles. The Kier molecular flexibility index (Phi) is 4.12. The summed E-state index contributed by atoms with van der Waals surface area (Å²) in [5.41, 5.74) is 1.11. The van der Waals surface area contributed by atoms with Gasteiger partial charge in [-0.05, 0) is 12.8 Å². The van der Waals surface area contributed by atoms with E-state index >= 15 is 0 Å². The summed E-state index contributed by atoms with van der Waals surface area (Å²) in [6.45, 7) is 1.02. The topological polar surface area (TPSA) is 64.3 Å². The second kappa shape index (κ2) is 5.39. The number of aliphatic hydroxyl groups excluding tert-OH is 1. The first-order valence-electron chi connectivity index (χ1n) is 4.47. The van der Waals surface area contributed by atoms with Gasteiger partial charge in [-0.3, -0.25) is 0 Å². The monoisotopic (exact) mass is 198 g/mol. The molecule has 2 heterocycles. The van der Waals surface area contributed by atoms with Gasteiger partial charge in [-0.25, -0.2) is 4.68 Å². The Morgan fingerprint density at radius 1 is 1.71 bits per heavy atom. The average Bonchev–Trinajstić information content (AvgIpc) is 2.66. The lowest BCUT2D eigenvalue weighted by Crippen LogP contribution is -2.12. The lowest BCUT2D eigenvalue weighted by Gasteiger charge is -2.13. The minimum atomic E-state index is 0.287. The van der Waals surface area contributed by atoms with Gasteiger partial charge in [0.15, 0.2) is 0 Å². The lowest BCUT2D eigenvalue weighted by atomic mass is 10.2. The zero-order valence-electron chi connectivity index (χ0n) is 8.14. The molecule has 0 aromatic carbocycles. The second-order valence-corrected chi connectivity index (χ2v) is 2.78. The van der Waals surface area contributed by atoms with Crippen LogP contribution in [0.3, 0.4) is 0 Å². The number of aldehydes is 1. The van der Waals surface area contributed by atoms with Crippen LogP contribution in [0.1, 0.15) is 12.0 Å². The minimum Gasteiger partial charge on any atom is -0.478 e. The summed E-state index contributed by atoms with van der Waals surface area (Å²) in [5, 5.41) is 11.0. The summed E-state index contributed by atoms with van der Waals surface area (Å²) in [6, 6.07) is 0. The van der Waals surface area contributed by atoms with Crippen LogP contribution in [-0.2, 0) is 17.8 Å². The van der Waals surface area contributed by atoms with Gasteiger partial charge < -0.3 is 14.6 Å². The van der Waals surface area contributed by atoms with E-state index in [1.807, 2.05) is 0 Å². The van der Waals surface area contributed by atoms with Crippen LogP contribution in [0, 0.1) is 0 Å². The number of aromatic nitrogens is 2. The van der Waals surface area contributed by atoms with Crippen molar-refractivity contribution < 1.29 is 14.6 Å². The molecule has 5 nitrogen and oxygen atoms in total. The Hall–Kier alpha value is -1.36. The van der Waals surface area contributed by atoms with E-state index in [1.54, 1.807) is 10.9 Å². The van der Waals surface area contributed by atoms with Crippen molar-refractivity contribution in [1.82, 2.24) is 9.78 Å². The first-order valence-corrected chi connectivity index (χ1v) is 4.47. The van der Waals surface area contributed by atoms with Gasteiger partial charge in [0.25, 0.3) is 0 Å². The Labute approximate surface area is 82.3 Å². The standard InChI is InChI=1S/C8H10N2O2.CH4O/c11-4-3-10-8-7(6-9-10)2-1-5-12-8;1-2/h4,6H,1-3,5H2;2H,1H3. The number of carbonyl (C=O) groups is 1. The molecule has 0 aliphatic carbocycles. The number of hydrogen-bond acceptors (Lipinski definition) is 4. The third-order valence-corrected chi connectivity index (χ3v) is 1.94. The van der Waals surface area contributed by atoms with Crippen LogP contribution in [0.4, 0.5) is 0 Å². The summed E-state index contributed by atoms with van der Waals surface area (Å²) >= 11 is 0. The fraction of sp³-hybridized carbons (Fsp3) is 0.556. The molecule has 0 amide bonds. The van der Waals surface area contributed by atoms with Gasteiger partial charge in [0, 0.05) is 12.7 Å². The quantitative estimate of drug-likeness (QED) is 0.680. The van der Waals surface area contributed by atoms with Crippen LogP contribution in [0.25, 0.3) is 0 Å². The molecule has 1 aromatic rings. The van der Waals surface area contributed by atoms with Crippen molar-refractivity contribution in [3.05, 3.63) is 11.8 Å². The number of carbonyl (C=O) groups excluding carboxylic acids is 1. The number of nitrogens with zero attached hydrogens (tertiary/aromatic N) is 2. The van der Waals surface area contributed by atoms with Crippen molar-refractivity contribution >= 4 is 6.29 Å². The molecule has 0 fully saturated rings. The number of aryl methyl sites for hydroxylation is 1. The zero-order valence-corrected chi connectivity index (χ0v) is 8.14. The molecular weight excluding hydrogens is 184 g/mol. The van der Waals surface area contributed by atoms with Crippen molar-refractivity contribution in [2.24, 2.45) is 0 Å². The van der Waals surface area contributed by atoms with Crippen LogP contribution in [0.2, 0.25) is 0 Å². The molecule has 14 heavy (non-hydrogen) atoms. The van der Waals surface area contributed by atoms with Gasteiger partial charge >= 0.3 is 0 Å². The maximum Gasteiger partial charge on any atom is 0.215 e. The lowest BCUT2D eigenvalue weighted by molar-refractivity contribution is -0.108. The number of fused-ring (bicyclic) bond motifs is 1. The highest BCUT2D eigenvalue weighted by Gasteiger charge is 2.15. The van der Waals surface area contributed by atoms with Gasteiger partial charge in [0.2, 0.25) is 5.88 Å². The van der Waals surface area contributed by atoms with Gasteiger partial charge in [-0.15, -0.1) is 0 Å². The summed E-state index contributed by atoms with van der Waals surface area (Å²) in [5.74, 6) is 0.772. The van der Waals surface area contributed by atoms with E-state index in [4.69, 9.17) is 9.84 Å². The van der Waals surface area contributed by atoms with E-state index in [9.17, 15) is 4.79 Å². The Bertz CT molecular complexity index is 296. The highest BCUT2D eigenvalue weighted by molar-refractivity contribution is 5.49. The van der Waals surface area contributed by atoms with Crippen LogP contribution in [0.5, 0.6) is 5.88 Å². The summed E-state index contributed by atoms with van der Waals surface area (Å²) in [6.07, 6.45) is 4.65. The molecule has 0 saturated carbocycles. The first-order chi connectivity index (χ1) is 6.92. The van der Waals surface area contributed by atoms with E-state index in [0.29, 0.717) is 0 Å². The van der Waals surface area contributed by atoms with Crippen molar-refractivity contribution in [3.63, 3.8) is 0 Å². The van der Waals surface area contributed by atoms with Gasteiger partial charge in [-0.2, -0.15) is 5.10 Å². The first kappa shape index (κ1) is 10.7. The second-order valence-electron chi connectivity index (χ2n) is 2.78. The Morgan fingerprint density at radius 2 is 2.50 bits per heavy atom. The van der Waals surface area contributed by atoms with E-state index in [2.05, 4.69) is 5.10 Å². The van der Waals surface area contributed by atoms with Gasteiger partial charge in [0.05, 0.1) is 12.8 Å². The molecule has 0 saturated heterocycles. The maximum absolute atomic E-state index is 10.2. The molecule has 5 heteroatoms. The van der Waals surface area contributed by atoms with Crippen LogP contribution < -0.4 is 4.74 Å². The average molecular weight is 198 g/mol. The van der Waals surface area contributed by atoms with Crippen molar-refractivity contribution in [1.29, 1.82) is 0 Å². The number of ether oxygens (including phenoxy) is 1. The van der Waals surface area contributed by atoms with E-state index < -0.39 is 0 Å². The Balaban J connectivity index is 0.000000461. The summed E-state index contributed by atoms with van der Waals surface area (Å²) in [4.78, 5) is 10.2. The van der Waals surface area contributed by atoms with Crippen molar-refractivity contribution in [3.8, 4) is 5.88 Å². The largest absolute Gasteiger partial charge is 0.478 e. The zero-order chi connectivity index (χ0) is 10.4. The van der Waals surface area contributed by atoms with Crippen molar-refractivity contribution in [2.45, 2.75) is 19.4 Å². The fourth-order valence-electron chi connectivity index (χ4n) is 1.38. The van der Waals surface area contributed by atoms with Crippen LogP contribution in [0.15, 0.2) is 6.20 Å². The van der Waals surface area contributed by atoms with Crippen LogP contribution >= 0.6 is 0 Å². The van der Waals surface area contributed by atoms with Crippen LogP contribution in [-0.4, -0.2) is 34.9 Å². The number of rotatable bonds is 2. The third kappa shape index (κ3) is 2.11. The Morgan fingerprint density at radius 3 is 3.21 bits per heavy atom. The van der Waals surface area contributed by atoms with Gasteiger partial charge in [0.1, 0.15) is 12.8 Å². The fourth-order valence-corrected chi connectivity index (χ4v) is 1.38. The highest BCUT2D eigenvalue weighted by atomic mass is 16.5.